The van der Waals surface area contributed by atoms with E-state index in [0.29, 0.717) is 17.4 Å². The third-order valence-electron chi connectivity index (χ3n) is 4.30. The molecule has 2 aromatic carbocycles. The van der Waals surface area contributed by atoms with E-state index in [1.54, 1.807) is 12.1 Å². The maximum atomic E-state index is 13.4. The Morgan fingerprint density at radius 1 is 1.04 bits per heavy atom. The predicted octanol–water partition coefficient (Wildman–Crippen LogP) is 5.20. The van der Waals surface area contributed by atoms with Crippen LogP contribution in [0.25, 0.3) is 0 Å². The highest BCUT2D eigenvalue weighted by Crippen LogP contribution is 2.26. The second kappa shape index (κ2) is 7.98. The van der Waals surface area contributed by atoms with Crippen molar-refractivity contribution in [3.05, 3.63) is 77.7 Å². The van der Waals surface area contributed by atoms with Crippen molar-refractivity contribution in [3.63, 3.8) is 0 Å². The number of aryl methyl sites for hydroxylation is 1. The fourth-order valence-electron chi connectivity index (χ4n) is 2.78. The first-order chi connectivity index (χ1) is 13.3. The zero-order chi connectivity index (χ0) is 20.3. The van der Waals surface area contributed by atoms with Gasteiger partial charge in [0, 0.05) is 5.69 Å². The maximum Gasteiger partial charge on any atom is 0.261 e. The molecular weight excluding hydrogens is 377 g/mol. The Balaban J connectivity index is 1.77. The summed E-state index contributed by atoms with van der Waals surface area (Å²) in [6, 6.07) is 15.0. The molecule has 7 heteroatoms. The van der Waals surface area contributed by atoms with Crippen LogP contribution in [0.15, 0.2) is 65.7 Å². The molecule has 1 heterocycles. The van der Waals surface area contributed by atoms with Crippen molar-refractivity contribution >= 4 is 27.2 Å². The van der Waals surface area contributed by atoms with Gasteiger partial charge in [-0.25, -0.2) is 17.8 Å². The lowest BCUT2D eigenvalue weighted by atomic mass is 10.0. The number of para-hydroxylation sites is 1. The van der Waals surface area contributed by atoms with Gasteiger partial charge < -0.3 is 5.32 Å². The number of sulfonamides is 1. The van der Waals surface area contributed by atoms with Crippen LogP contribution in [-0.4, -0.2) is 13.4 Å². The molecule has 0 atom stereocenters. The molecule has 0 amide bonds. The predicted molar refractivity (Wildman–Crippen MR) is 110 cm³/mol. The van der Waals surface area contributed by atoms with E-state index in [-0.39, 0.29) is 10.5 Å². The Labute approximate surface area is 164 Å². The van der Waals surface area contributed by atoms with Crippen molar-refractivity contribution < 1.29 is 12.8 Å². The molecule has 0 radical (unpaired) electrons. The van der Waals surface area contributed by atoms with Crippen molar-refractivity contribution in [2.75, 3.05) is 10.0 Å². The lowest BCUT2D eigenvalue weighted by molar-refractivity contribution is 0.598. The van der Waals surface area contributed by atoms with Crippen molar-refractivity contribution in [2.45, 2.75) is 31.6 Å². The fourth-order valence-corrected chi connectivity index (χ4v) is 3.91. The van der Waals surface area contributed by atoms with Crippen LogP contribution in [0.1, 0.15) is 30.9 Å². The topological polar surface area (TPSA) is 71.1 Å². The van der Waals surface area contributed by atoms with Gasteiger partial charge in [0.25, 0.3) is 10.0 Å². The Kier molecular flexibility index (Phi) is 5.65. The first-order valence-electron chi connectivity index (χ1n) is 8.87. The molecule has 0 fully saturated rings. The van der Waals surface area contributed by atoms with Crippen LogP contribution < -0.4 is 10.0 Å². The van der Waals surface area contributed by atoms with E-state index in [4.69, 9.17) is 0 Å². The molecular formula is C21H22FN3O2S. The molecule has 0 saturated heterocycles. The number of rotatable bonds is 6. The number of nitrogens with one attached hydrogen (secondary N) is 2. The average Bonchev–Trinajstić information content (AvgIpc) is 2.65. The summed E-state index contributed by atoms with van der Waals surface area (Å²) in [5.41, 5.74) is 2.72. The van der Waals surface area contributed by atoms with Crippen LogP contribution in [0.3, 0.4) is 0 Å². The Morgan fingerprint density at radius 2 is 1.79 bits per heavy atom. The monoisotopic (exact) mass is 399 g/mol. The van der Waals surface area contributed by atoms with Gasteiger partial charge in [-0.1, -0.05) is 32.0 Å². The lowest BCUT2D eigenvalue weighted by Gasteiger charge is -2.14. The number of benzene rings is 2. The number of hydrogen-bond donors (Lipinski definition) is 2. The standard InChI is InChI=1S/C21H22FN3O2S/c1-14(2)18-6-4-5-7-20(18)24-21-11-8-16(13-23-21)25-28(26,27)17-9-10-19(22)15(3)12-17/h4-14,25H,1-3H3,(H,23,24). The molecule has 146 valence electrons. The minimum Gasteiger partial charge on any atom is -0.340 e. The molecule has 3 rings (SSSR count). The number of anilines is 3. The zero-order valence-corrected chi connectivity index (χ0v) is 16.7. The average molecular weight is 399 g/mol. The highest BCUT2D eigenvalue weighted by Gasteiger charge is 2.16. The number of pyridine rings is 1. The van der Waals surface area contributed by atoms with Gasteiger partial charge in [0.05, 0.1) is 16.8 Å². The summed E-state index contributed by atoms with van der Waals surface area (Å²) in [5, 5.41) is 3.26. The fraction of sp³-hybridized carbons (Fsp3) is 0.190. The quantitative estimate of drug-likeness (QED) is 0.598. The molecule has 28 heavy (non-hydrogen) atoms. The van der Waals surface area contributed by atoms with Crippen molar-refractivity contribution in [3.8, 4) is 0 Å². The highest BCUT2D eigenvalue weighted by molar-refractivity contribution is 7.92. The van der Waals surface area contributed by atoms with Gasteiger partial charge >= 0.3 is 0 Å². The van der Waals surface area contributed by atoms with Crippen molar-refractivity contribution in [2.24, 2.45) is 0 Å². The maximum absolute atomic E-state index is 13.4. The molecule has 0 saturated carbocycles. The van der Waals surface area contributed by atoms with Crippen LogP contribution in [0.4, 0.5) is 21.6 Å². The molecule has 0 unspecified atom stereocenters. The van der Waals surface area contributed by atoms with E-state index in [1.807, 2.05) is 18.2 Å². The second-order valence-corrected chi connectivity index (χ2v) is 8.50. The van der Waals surface area contributed by atoms with Gasteiger partial charge in [-0.2, -0.15) is 0 Å². The van der Waals surface area contributed by atoms with Crippen LogP contribution in [0.5, 0.6) is 0 Å². The Bertz CT molecular complexity index is 1080. The van der Waals surface area contributed by atoms with E-state index < -0.39 is 15.8 Å². The molecule has 5 nitrogen and oxygen atoms in total. The zero-order valence-electron chi connectivity index (χ0n) is 15.9. The molecule has 2 N–H and O–H groups in total. The Morgan fingerprint density at radius 3 is 2.43 bits per heavy atom. The first-order valence-corrected chi connectivity index (χ1v) is 10.4. The number of halogens is 1. The summed E-state index contributed by atoms with van der Waals surface area (Å²) in [5.74, 6) is 0.514. The van der Waals surface area contributed by atoms with Gasteiger partial charge in [-0.15, -0.1) is 0 Å². The molecule has 3 aromatic rings. The third kappa shape index (κ3) is 4.48. The van der Waals surface area contributed by atoms with E-state index in [2.05, 4.69) is 34.9 Å². The normalized spacial score (nSPS) is 11.5. The largest absolute Gasteiger partial charge is 0.340 e. The third-order valence-corrected chi connectivity index (χ3v) is 5.68. The molecule has 0 aliphatic rings. The summed E-state index contributed by atoms with van der Waals surface area (Å²) in [7, 11) is -3.82. The van der Waals surface area contributed by atoms with Gasteiger partial charge in [-0.3, -0.25) is 4.72 Å². The minimum absolute atomic E-state index is 0.000498. The molecule has 0 aliphatic heterocycles. The summed E-state index contributed by atoms with van der Waals surface area (Å²) >= 11 is 0. The van der Waals surface area contributed by atoms with E-state index in [9.17, 15) is 12.8 Å². The van der Waals surface area contributed by atoms with Gasteiger partial charge in [-0.05, 0) is 60.4 Å². The smallest absolute Gasteiger partial charge is 0.261 e. The summed E-state index contributed by atoms with van der Waals surface area (Å²) in [6.07, 6.45) is 1.44. The SMILES string of the molecule is Cc1cc(S(=O)(=O)Nc2ccc(Nc3ccccc3C(C)C)nc2)ccc1F. The highest BCUT2D eigenvalue weighted by atomic mass is 32.2. The molecule has 1 aromatic heterocycles. The van der Waals surface area contributed by atoms with Crippen LogP contribution >= 0.6 is 0 Å². The summed E-state index contributed by atoms with van der Waals surface area (Å²) in [4.78, 5) is 4.29. The van der Waals surface area contributed by atoms with E-state index in [0.717, 1.165) is 11.8 Å². The second-order valence-electron chi connectivity index (χ2n) is 6.82. The first kappa shape index (κ1) is 19.8. The molecule has 0 aliphatic carbocycles. The number of nitrogens with zero attached hydrogens (tertiary/aromatic N) is 1. The van der Waals surface area contributed by atoms with Crippen LogP contribution in [0.2, 0.25) is 0 Å². The van der Waals surface area contributed by atoms with Gasteiger partial charge in [0.2, 0.25) is 0 Å². The van der Waals surface area contributed by atoms with Crippen molar-refractivity contribution in [1.29, 1.82) is 0 Å². The lowest BCUT2D eigenvalue weighted by Crippen LogP contribution is -2.13. The number of aromatic nitrogens is 1. The molecule has 0 bridgehead atoms. The van der Waals surface area contributed by atoms with E-state index in [1.165, 1.54) is 30.8 Å². The van der Waals surface area contributed by atoms with E-state index >= 15 is 0 Å². The summed E-state index contributed by atoms with van der Waals surface area (Å²) < 4.78 is 40.8. The van der Waals surface area contributed by atoms with Crippen LogP contribution in [-0.2, 0) is 10.0 Å². The van der Waals surface area contributed by atoms with Crippen molar-refractivity contribution in [1.82, 2.24) is 4.98 Å². The number of hydrogen-bond acceptors (Lipinski definition) is 4. The Hall–Kier alpha value is -2.93. The van der Waals surface area contributed by atoms with Gasteiger partial charge in [0.15, 0.2) is 0 Å². The summed E-state index contributed by atoms with van der Waals surface area (Å²) in [6.45, 7) is 5.75. The molecule has 0 spiro atoms. The van der Waals surface area contributed by atoms with Crippen LogP contribution in [0, 0.1) is 12.7 Å². The minimum atomic E-state index is -3.82. The van der Waals surface area contributed by atoms with Gasteiger partial charge in [0.1, 0.15) is 11.6 Å².